The van der Waals surface area contributed by atoms with E-state index in [1.807, 2.05) is 59.4 Å². The minimum absolute atomic E-state index is 0.0370. The molecule has 0 saturated carbocycles. The number of Topliss-reactive ketones (excluding diaryl/α,β-unsaturated/α-hetero) is 1. The van der Waals surface area contributed by atoms with E-state index >= 15 is 0 Å². The molecule has 1 aromatic carbocycles. The lowest BCUT2D eigenvalue weighted by Crippen LogP contribution is -2.48. The molecule has 212 valence electrons. The van der Waals surface area contributed by atoms with Gasteiger partial charge in [0.2, 0.25) is 0 Å². The van der Waals surface area contributed by atoms with E-state index in [9.17, 15) is 14.4 Å². The molecular formula is C29H32N8O3S. The number of nitrogens with zero attached hydrogens (tertiary/aromatic N) is 8. The topological polar surface area (TPSA) is 117 Å². The number of likely N-dealkylation sites (tertiary alicyclic amines) is 1. The summed E-state index contributed by atoms with van der Waals surface area (Å²) in [5, 5.41) is 15.6. The van der Waals surface area contributed by atoms with Crippen LogP contribution in [0.3, 0.4) is 0 Å². The van der Waals surface area contributed by atoms with E-state index in [4.69, 9.17) is 4.98 Å². The summed E-state index contributed by atoms with van der Waals surface area (Å²) in [6.45, 7) is 9.18. The maximum atomic E-state index is 13.2. The van der Waals surface area contributed by atoms with Crippen LogP contribution in [0.1, 0.15) is 73.4 Å². The van der Waals surface area contributed by atoms with Gasteiger partial charge in [-0.3, -0.25) is 14.4 Å². The van der Waals surface area contributed by atoms with Gasteiger partial charge in [-0.1, -0.05) is 0 Å². The Morgan fingerprint density at radius 3 is 2.24 bits per heavy atom. The van der Waals surface area contributed by atoms with E-state index in [1.54, 1.807) is 11.4 Å². The fraction of sp³-hybridized carbons (Fsp3) is 0.414. The molecular weight excluding hydrogens is 540 g/mol. The number of carbonyl (C=O) groups is 3. The second kappa shape index (κ2) is 11.0. The lowest BCUT2D eigenvalue weighted by molar-refractivity contribution is 0.0703. The van der Waals surface area contributed by atoms with Crippen molar-refractivity contribution >= 4 is 40.3 Å². The van der Waals surface area contributed by atoms with E-state index in [2.05, 4.69) is 20.2 Å². The Labute approximate surface area is 241 Å². The lowest BCUT2D eigenvalue weighted by Gasteiger charge is -2.36. The third kappa shape index (κ3) is 5.31. The summed E-state index contributed by atoms with van der Waals surface area (Å²) in [5.41, 5.74) is 4.73. The van der Waals surface area contributed by atoms with Crippen molar-refractivity contribution in [3.05, 3.63) is 69.1 Å². The zero-order chi connectivity index (χ0) is 28.7. The summed E-state index contributed by atoms with van der Waals surface area (Å²) in [6, 6.07) is 9.47. The van der Waals surface area contributed by atoms with Crippen LogP contribution >= 0.6 is 11.3 Å². The molecule has 2 aliphatic rings. The Kier molecular flexibility index (Phi) is 7.24. The molecule has 41 heavy (non-hydrogen) atoms. The van der Waals surface area contributed by atoms with Gasteiger partial charge >= 0.3 is 0 Å². The van der Waals surface area contributed by atoms with E-state index < -0.39 is 0 Å². The second-order valence-corrected chi connectivity index (χ2v) is 11.6. The fourth-order valence-corrected chi connectivity index (χ4v) is 6.53. The van der Waals surface area contributed by atoms with Crippen molar-refractivity contribution in [2.75, 3.05) is 44.2 Å². The first-order chi connectivity index (χ1) is 19.8. The Hall–Kier alpha value is -4.19. The first kappa shape index (κ1) is 27.0. The molecule has 0 unspecified atom stereocenters. The van der Waals surface area contributed by atoms with Gasteiger partial charge in [0.1, 0.15) is 5.69 Å². The number of aromatic nitrogens is 5. The van der Waals surface area contributed by atoms with E-state index in [1.165, 1.54) is 11.3 Å². The molecule has 0 radical (unpaired) electrons. The molecule has 11 nitrogen and oxygen atoms in total. The Morgan fingerprint density at radius 1 is 0.878 bits per heavy atom. The molecule has 6 rings (SSSR count). The van der Waals surface area contributed by atoms with Crippen LogP contribution in [0.2, 0.25) is 0 Å². The largest absolute Gasteiger partial charge is 0.368 e. The number of hydrogen-bond acceptors (Lipinski definition) is 9. The number of piperazine rings is 1. The van der Waals surface area contributed by atoms with Gasteiger partial charge in [-0.25, -0.2) is 9.50 Å². The summed E-state index contributed by atoms with van der Waals surface area (Å²) in [5.74, 6) is 0.0958. The number of amides is 2. The van der Waals surface area contributed by atoms with Gasteiger partial charge in [-0.05, 0) is 57.9 Å². The quantitative estimate of drug-likeness (QED) is 0.334. The molecule has 12 heteroatoms. The van der Waals surface area contributed by atoms with Crippen LogP contribution in [0, 0.1) is 13.8 Å². The molecule has 2 fully saturated rings. The van der Waals surface area contributed by atoms with Crippen LogP contribution in [-0.2, 0) is 0 Å². The van der Waals surface area contributed by atoms with Crippen LogP contribution in [-0.4, -0.2) is 91.5 Å². The summed E-state index contributed by atoms with van der Waals surface area (Å²) in [4.78, 5) is 48.7. The average Bonchev–Trinajstić information content (AvgIpc) is 3.64. The first-order valence-electron chi connectivity index (χ1n) is 13.9. The lowest BCUT2D eigenvalue weighted by atomic mass is 9.97. The van der Waals surface area contributed by atoms with E-state index in [0.29, 0.717) is 54.5 Å². The Bertz CT molecular complexity index is 1610. The molecule has 2 amide bonds. The number of ketones is 1. The van der Waals surface area contributed by atoms with Gasteiger partial charge in [0.25, 0.3) is 11.8 Å². The minimum atomic E-state index is -0.132. The predicted molar refractivity (Wildman–Crippen MR) is 155 cm³/mol. The van der Waals surface area contributed by atoms with Crippen molar-refractivity contribution in [3.63, 3.8) is 0 Å². The molecule has 0 aliphatic carbocycles. The van der Waals surface area contributed by atoms with Crippen LogP contribution in [0.5, 0.6) is 0 Å². The van der Waals surface area contributed by atoms with Crippen LogP contribution < -0.4 is 4.90 Å². The van der Waals surface area contributed by atoms with Gasteiger partial charge < -0.3 is 14.7 Å². The molecule has 2 aliphatic heterocycles. The van der Waals surface area contributed by atoms with Gasteiger partial charge in [-0.2, -0.15) is 5.10 Å². The molecule has 5 heterocycles. The number of fused-ring (bicyclic) bond motifs is 1. The van der Waals surface area contributed by atoms with Crippen molar-refractivity contribution in [2.24, 2.45) is 0 Å². The summed E-state index contributed by atoms with van der Waals surface area (Å²) >= 11 is 1.53. The Balaban J connectivity index is 1.03. The minimum Gasteiger partial charge on any atom is -0.368 e. The summed E-state index contributed by atoms with van der Waals surface area (Å²) in [7, 11) is 0. The Morgan fingerprint density at radius 2 is 1.56 bits per heavy atom. The predicted octanol–water partition coefficient (Wildman–Crippen LogP) is 3.38. The highest BCUT2D eigenvalue weighted by Crippen LogP contribution is 2.31. The average molecular weight is 573 g/mol. The number of aryl methyl sites for hydroxylation is 2. The van der Waals surface area contributed by atoms with Gasteiger partial charge in [-0.15, -0.1) is 21.5 Å². The molecule has 4 aromatic rings. The third-order valence-electron chi connectivity index (χ3n) is 8.01. The van der Waals surface area contributed by atoms with Gasteiger partial charge in [0.05, 0.1) is 16.4 Å². The van der Waals surface area contributed by atoms with Crippen molar-refractivity contribution in [1.29, 1.82) is 0 Å². The summed E-state index contributed by atoms with van der Waals surface area (Å²) < 4.78 is 1.67. The molecule has 3 aromatic heterocycles. The number of carbonyl (C=O) groups excluding carboxylic acids is 3. The van der Waals surface area contributed by atoms with Crippen molar-refractivity contribution in [1.82, 2.24) is 34.6 Å². The zero-order valence-corrected chi connectivity index (χ0v) is 24.2. The molecule has 0 bridgehead atoms. The monoisotopic (exact) mass is 572 g/mol. The normalized spacial score (nSPS) is 16.4. The van der Waals surface area contributed by atoms with Gasteiger partial charge in [0.15, 0.2) is 17.1 Å². The highest BCUT2D eigenvalue weighted by molar-refractivity contribution is 7.09. The maximum Gasteiger partial charge on any atom is 0.276 e. The SMILES string of the molecule is CC(=O)c1ccc(N2CCN(C(=O)c3csc(C4CCN(C(=O)c5nnc6cc(C)nn6c5C)CC4)n3)CC2)cc1. The van der Waals surface area contributed by atoms with Crippen LogP contribution in [0.4, 0.5) is 5.69 Å². The first-order valence-corrected chi connectivity index (χ1v) is 14.8. The number of rotatable bonds is 5. The van der Waals surface area contributed by atoms with E-state index in [0.717, 1.165) is 42.3 Å². The number of anilines is 1. The van der Waals surface area contributed by atoms with Crippen LogP contribution in [0.25, 0.3) is 5.65 Å². The fourth-order valence-electron chi connectivity index (χ4n) is 5.56. The number of hydrogen-bond donors (Lipinski definition) is 0. The van der Waals surface area contributed by atoms with Crippen LogP contribution in [0.15, 0.2) is 35.7 Å². The van der Waals surface area contributed by atoms with Crippen molar-refractivity contribution in [3.8, 4) is 0 Å². The maximum absolute atomic E-state index is 13.2. The van der Waals surface area contributed by atoms with Gasteiger partial charge in [0, 0.05) is 67.9 Å². The third-order valence-corrected chi connectivity index (χ3v) is 9.01. The number of benzene rings is 1. The van der Waals surface area contributed by atoms with E-state index in [-0.39, 0.29) is 23.5 Å². The second-order valence-electron chi connectivity index (χ2n) is 10.7. The zero-order valence-electron chi connectivity index (χ0n) is 23.4. The smallest absolute Gasteiger partial charge is 0.276 e. The van der Waals surface area contributed by atoms with Crippen molar-refractivity contribution in [2.45, 2.75) is 39.5 Å². The molecule has 2 saturated heterocycles. The summed E-state index contributed by atoms with van der Waals surface area (Å²) in [6.07, 6.45) is 1.56. The highest BCUT2D eigenvalue weighted by Gasteiger charge is 2.30. The molecule has 0 spiro atoms. The number of piperidine rings is 1. The van der Waals surface area contributed by atoms with Crippen molar-refractivity contribution < 1.29 is 14.4 Å². The number of thiazole rings is 1. The highest BCUT2D eigenvalue weighted by atomic mass is 32.1. The molecule has 0 atom stereocenters. The standard InChI is InChI=1S/C29H32N8O3S/c1-18-16-25-31-32-26(19(2)37(25)33-18)29(40)35-10-8-22(9-11-35)27-30-24(17-41-27)28(39)36-14-12-34(13-15-36)23-6-4-21(5-7-23)20(3)38/h4-7,16-17,22H,8-15H2,1-3H3. The molecule has 0 N–H and O–H groups in total.